The summed E-state index contributed by atoms with van der Waals surface area (Å²) >= 11 is 0. The Kier molecular flexibility index (Phi) is 5.96. The summed E-state index contributed by atoms with van der Waals surface area (Å²) < 4.78 is 23.8. The van der Waals surface area contributed by atoms with Crippen LogP contribution in [-0.2, 0) is 9.53 Å². The lowest BCUT2D eigenvalue weighted by molar-refractivity contribution is -0.125. The monoisotopic (exact) mass is 380 g/mol. The van der Waals surface area contributed by atoms with E-state index in [0.29, 0.717) is 17.0 Å². The maximum atomic E-state index is 13.3. The van der Waals surface area contributed by atoms with E-state index in [-0.39, 0.29) is 5.56 Å². The molecule has 0 aliphatic heterocycles. The molecule has 142 valence electrons. The Morgan fingerprint density at radius 2 is 1.75 bits per heavy atom. The topological polar surface area (TPSA) is 77.5 Å². The third-order valence-electron chi connectivity index (χ3n) is 3.86. The molecule has 2 aromatic carbocycles. The summed E-state index contributed by atoms with van der Waals surface area (Å²) in [6, 6.07) is 16.3. The van der Waals surface area contributed by atoms with E-state index in [1.54, 1.807) is 61.7 Å². The van der Waals surface area contributed by atoms with E-state index in [0.717, 1.165) is 12.3 Å². The number of amides is 1. The Labute approximate surface area is 160 Å². The minimum absolute atomic E-state index is 0.0850. The predicted octanol–water partition coefficient (Wildman–Crippen LogP) is 3.77. The van der Waals surface area contributed by atoms with Crippen molar-refractivity contribution in [3.8, 4) is 5.75 Å². The first-order chi connectivity index (χ1) is 13.6. The van der Waals surface area contributed by atoms with Crippen molar-refractivity contribution >= 4 is 17.6 Å². The van der Waals surface area contributed by atoms with Crippen LogP contribution in [0.4, 0.5) is 10.1 Å². The number of rotatable bonds is 6. The second-order valence-corrected chi connectivity index (χ2v) is 5.81. The molecule has 0 saturated carbocycles. The fraction of sp³-hybridized carbons (Fsp3) is 0.0952. The highest BCUT2D eigenvalue weighted by Crippen LogP contribution is 2.23. The van der Waals surface area contributed by atoms with Gasteiger partial charge in [0, 0.05) is 17.4 Å². The summed E-state index contributed by atoms with van der Waals surface area (Å²) in [5.74, 6) is -1.43. The van der Waals surface area contributed by atoms with Gasteiger partial charge in [-0.15, -0.1) is 0 Å². The van der Waals surface area contributed by atoms with Crippen molar-refractivity contribution in [3.05, 3.63) is 90.0 Å². The predicted molar refractivity (Wildman–Crippen MR) is 100 cm³/mol. The van der Waals surface area contributed by atoms with E-state index in [1.807, 2.05) is 0 Å². The van der Waals surface area contributed by atoms with Gasteiger partial charge in [0.15, 0.2) is 0 Å². The van der Waals surface area contributed by atoms with Gasteiger partial charge in [0.1, 0.15) is 11.6 Å². The van der Waals surface area contributed by atoms with Crippen molar-refractivity contribution in [1.29, 1.82) is 0 Å². The van der Waals surface area contributed by atoms with E-state index in [2.05, 4.69) is 10.3 Å². The van der Waals surface area contributed by atoms with Crippen LogP contribution < -0.4 is 10.1 Å². The molecule has 1 aromatic heterocycles. The number of nitrogens with one attached hydrogen (secondary N) is 1. The number of hydrogen-bond donors (Lipinski definition) is 1. The summed E-state index contributed by atoms with van der Waals surface area (Å²) in [4.78, 5) is 28.8. The largest absolute Gasteiger partial charge is 0.497 e. The number of methoxy groups -OCH3 is 1. The molecule has 1 atom stereocenters. The van der Waals surface area contributed by atoms with Crippen molar-refractivity contribution in [2.75, 3.05) is 12.4 Å². The minimum atomic E-state index is -1.22. The second-order valence-electron chi connectivity index (χ2n) is 5.81. The molecular formula is C21H17FN2O4. The molecule has 0 aliphatic carbocycles. The molecule has 0 radical (unpaired) electrons. The molecule has 3 rings (SSSR count). The molecule has 0 bridgehead atoms. The lowest BCUT2D eigenvalue weighted by Gasteiger charge is -2.18. The van der Waals surface area contributed by atoms with Crippen molar-refractivity contribution in [1.82, 2.24) is 4.98 Å². The number of pyridine rings is 1. The molecule has 0 spiro atoms. The number of carbonyl (C=O) groups excluding carboxylic acids is 2. The number of nitrogens with zero attached hydrogens (tertiary/aromatic N) is 1. The zero-order chi connectivity index (χ0) is 19.9. The summed E-state index contributed by atoms with van der Waals surface area (Å²) in [6.45, 7) is 0. The number of benzene rings is 2. The molecule has 3 aromatic rings. The maximum Gasteiger partial charge on any atom is 0.340 e. The van der Waals surface area contributed by atoms with Gasteiger partial charge in [-0.2, -0.15) is 0 Å². The number of ether oxygens (including phenoxy) is 2. The van der Waals surface area contributed by atoms with Crippen LogP contribution in [0.3, 0.4) is 0 Å². The average molecular weight is 380 g/mol. The van der Waals surface area contributed by atoms with Crippen molar-refractivity contribution in [3.63, 3.8) is 0 Å². The molecule has 0 saturated heterocycles. The van der Waals surface area contributed by atoms with Gasteiger partial charge in [0.2, 0.25) is 6.10 Å². The van der Waals surface area contributed by atoms with Crippen LogP contribution >= 0.6 is 0 Å². The van der Waals surface area contributed by atoms with Crippen LogP contribution in [0.1, 0.15) is 22.0 Å². The van der Waals surface area contributed by atoms with E-state index in [9.17, 15) is 14.0 Å². The minimum Gasteiger partial charge on any atom is -0.497 e. The van der Waals surface area contributed by atoms with Crippen molar-refractivity contribution in [2.45, 2.75) is 6.10 Å². The Bertz CT molecular complexity index is 962. The van der Waals surface area contributed by atoms with E-state index in [1.165, 1.54) is 6.20 Å². The number of anilines is 1. The van der Waals surface area contributed by atoms with Crippen LogP contribution in [0.25, 0.3) is 0 Å². The van der Waals surface area contributed by atoms with Gasteiger partial charge >= 0.3 is 5.97 Å². The van der Waals surface area contributed by atoms with Gasteiger partial charge in [-0.05, 0) is 30.3 Å². The molecule has 1 unspecified atom stereocenters. The Hall–Kier alpha value is -3.74. The summed E-state index contributed by atoms with van der Waals surface area (Å²) in [7, 11) is 1.54. The van der Waals surface area contributed by atoms with Crippen LogP contribution in [0, 0.1) is 5.82 Å². The molecule has 1 amide bonds. The number of halogens is 1. The number of hydrogen-bond acceptors (Lipinski definition) is 5. The average Bonchev–Trinajstić information content (AvgIpc) is 2.73. The first-order valence-corrected chi connectivity index (χ1v) is 8.38. The smallest absolute Gasteiger partial charge is 0.340 e. The van der Waals surface area contributed by atoms with Gasteiger partial charge in [0.25, 0.3) is 5.91 Å². The molecule has 1 N–H and O–H groups in total. The zero-order valence-electron chi connectivity index (χ0n) is 15.0. The van der Waals surface area contributed by atoms with Crippen LogP contribution in [-0.4, -0.2) is 24.0 Å². The standard InChI is InChI=1S/C21H17FN2O4/c1-27-18-9-7-17(8-10-18)24-20(25)19(14-5-3-2-4-6-14)28-21(26)15-11-16(22)13-23-12-15/h2-13,19H,1H3,(H,24,25). The third-order valence-corrected chi connectivity index (χ3v) is 3.86. The second kappa shape index (κ2) is 8.77. The first kappa shape index (κ1) is 19.0. The molecule has 28 heavy (non-hydrogen) atoms. The van der Waals surface area contributed by atoms with Crippen molar-refractivity contribution in [2.24, 2.45) is 0 Å². The Morgan fingerprint density at radius 3 is 2.39 bits per heavy atom. The zero-order valence-corrected chi connectivity index (χ0v) is 15.0. The third kappa shape index (κ3) is 4.70. The summed E-state index contributed by atoms with van der Waals surface area (Å²) in [5.41, 5.74) is 0.902. The van der Waals surface area contributed by atoms with Gasteiger partial charge < -0.3 is 14.8 Å². The molecule has 6 nitrogen and oxygen atoms in total. The molecular weight excluding hydrogens is 363 g/mol. The van der Waals surface area contributed by atoms with Crippen LogP contribution in [0.15, 0.2) is 73.1 Å². The van der Waals surface area contributed by atoms with Crippen LogP contribution in [0.5, 0.6) is 5.75 Å². The summed E-state index contributed by atoms with van der Waals surface area (Å²) in [6.07, 6.45) is 0.926. The van der Waals surface area contributed by atoms with E-state index in [4.69, 9.17) is 9.47 Å². The lowest BCUT2D eigenvalue weighted by atomic mass is 10.1. The highest BCUT2D eigenvalue weighted by atomic mass is 19.1. The summed E-state index contributed by atoms with van der Waals surface area (Å²) in [5, 5.41) is 2.70. The Morgan fingerprint density at radius 1 is 1.04 bits per heavy atom. The fourth-order valence-electron chi connectivity index (χ4n) is 2.48. The highest BCUT2D eigenvalue weighted by molar-refractivity contribution is 5.98. The lowest BCUT2D eigenvalue weighted by Crippen LogP contribution is -2.26. The number of aromatic nitrogens is 1. The molecule has 0 fully saturated rings. The fourth-order valence-corrected chi connectivity index (χ4v) is 2.48. The molecule has 7 heteroatoms. The molecule has 0 aliphatic rings. The first-order valence-electron chi connectivity index (χ1n) is 8.38. The van der Waals surface area contributed by atoms with Crippen LogP contribution in [0.2, 0.25) is 0 Å². The van der Waals surface area contributed by atoms with Gasteiger partial charge in [0.05, 0.1) is 18.9 Å². The van der Waals surface area contributed by atoms with Gasteiger partial charge in [-0.3, -0.25) is 9.78 Å². The quantitative estimate of drug-likeness (QED) is 0.659. The van der Waals surface area contributed by atoms with Crippen molar-refractivity contribution < 1.29 is 23.5 Å². The normalized spacial score (nSPS) is 11.4. The SMILES string of the molecule is COc1ccc(NC(=O)C(OC(=O)c2cncc(F)c2)c2ccccc2)cc1. The van der Waals surface area contributed by atoms with Gasteiger partial charge in [-0.1, -0.05) is 30.3 Å². The molecule has 1 heterocycles. The number of esters is 1. The Balaban J connectivity index is 1.82. The maximum absolute atomic E-state index is 13.3. The van der Waals surface area contributed by atoms with E-state index >= 15 is 0 Å². The van der Waals surface area contributed by atoms with Gasteiger partial charge in [-0.25, -0.2) is 9.18 Å². The number of carbonyl (C=O) groups is 2. The van der Waals surface area contributed by atoms with E-state index < -0.39 is 23.8 Å². The highest BCUT2D eigenvalue weighted by Gasteiger charge is 2.26.